The number of nitrogens with zero attached hydrogens (tertiary/aromatic N) is 1. The second-order valence-electron chi connectivity index (χ2n) is 9.10. The Bertz CT molecular complexity index is 1160. The number of benzene rings is 1. The lowest BCUT2D eigenvalue weighted by Crippen LogP contribution is -2.26. The van der Waals surface area contributed by atoms with Crippen LogP contribution in [0.25, 0.3) is 11.0 Å². The molecule has 1 heterocycles. The molecule has 3 rings (SSSR count). The molecule has 0 aliphatic heterocycles. The first-order chi connectivity index (χ1) is 13.7. The fourth-order valence-electron chi connectivity index (χ4n) is 3.58. The second-order valence-corrected chi connectivity index (χ2v) is 11.5. The van der Waals surface area contributed by atoms with Gasteiger partial charge < -0.3 is 4.42 Å². The van der Waals surface area contributed by atoms with Gasteiger partial charge in [0.25, 0.3) is 10.0 Å². The van der Waals surface area contributed by atoms with Gasteiger partial charge in [-0.15, -0.1) is 0 Å². The van der Waals surface area contributed by atoms with Gasteiger partial charge in [-0.1, -0.05) is 0 Å². The third kappa shape index (κ3) is 4.48. The van der Waals surface area contributed by atoms with Crippen LogP contribution >= 0.6 is 0 Å². The SMILES string of the molecule is CC(=NS(=O)(=O)C(C)(C)C)c1cc(C)cc2c(=O)cc(C3CCC(F)(F)CC3)oc12. The Hall–Kier alpha value is -2.09. The van der Waals surface area contributed by atoms with Crippen LogP contribution in [0.15, 0.2) is 31.8 Å². The van der Waals surface area contributed by atoms with Crippen molar-refractivity contribution in [3.63, 3.8) is 0 Å². The van der Waals surface area contributed by atoms with Gasteiger partial charge in [0.05, 0.1) is 15.8 Å². The molecule has 1 aromatic carbocycles. The Morgan fingerprint density at radius 3 is 2.33 bits per heavy atom. The summed E-state index contributed by atoms with van der Waals surface area (Å²) in [5, 5.41) is 0.317. The van der Waals surface area contributed by atoms with Crippen LogP contribution in [0, 0.1) is 6.92 Å². The summed E-state index contributed by atoms with van der Waals surface area (Å²) < 4.78 is 61.1. The van der Waals surface area contributed by atoms with Crippen molar-refractivity contribution in [1.82, 2.24) is 0 Å². The second kappa shape index (κ2) is 7.55. The summed E-state index contributed by atoms with van der Waals surface area (Å²) in [4.78, 5) is 12.8. The van der Waals surface area contributed by atoms with Crippen LogP contribution in [0.3, 0.4) is 0 Å². The topological polar surface area (TPSA) is 76.7 Å². The van der Waals surface area contributed by atoms with E-state index in [4.69, 9.17) is 4.42 Å². The third-order valence-corrected chi connectivity index (χ3v) is 7.59. The van der Waals surface area contributed by atoms with Crippen molar-refractivity contribution >= 4 is 26.7 Å². The molecule has 0 amide bonds. The van der Waals surface area contributed by atoms with Gasteiger partial charge in [-0.3, -0.25) is 4.79 Å². The Morgan fingerprint density at radius 2 is 1.77 bits per heavy atom. The van der Waals surface area contributed by atoms with Gasteiger partial charge in [-0.05, 0) is 65.2 Å². The molecule has 30 heavy (non-hydrogen) atoms. The number of fused-ring (bicyclic) bond motifs is 1. The molecule has 0 bridgehead atoms. The summed E-state index contributed by atoms with van der Waals surface area (Å²) in [6.45, 7) is 8.04. The van der Waals surface area contributed by atoms with E-state index in [0.717, 1.165) is 5.56 Å². The smallest absolute Gasteiger partial charge is 0.258 e. The zero-order valence-corrected chi connectivity index (χ0v) is 18.7. The van der Waals surface area contributed by atoms with Crippen LogP contribution in [-0.4, -0.2) is 24.8 Å². The van der Waals surface area contributed by atoms with Crippen molar-refractivity contribution in [2.24, 2.45) is 4.40 Å². The maximum Gasteiger partial charge on any atom is 0.258 e. The normalized spacial score (nSPS) is 18.7. The average molecular weight is 440 g/mol. The average Bonchev–Trinajstić information content (AvgIpc) is 2.60. The number of alkyl halides is 2. The highest BCUT2D eigenvalue weighted by Gasteiger charge is 2.36. The minimum Gasteiger partial charge on any atom is -0.460 e. The first-order valence-corrected chi connectivity index (χ1v) is 11.4. The van der Waals surface area contributed by atoms with E-state index in [1.807, 2.05) is 0 Å². The molecule has 164 valence electrons. The maximum atomic E-state index is 13.5. The minimum absolute atomic E-state index is 0.217. The van der Waals surface area contributed by atoms with Crippen molar-refractivity contribution in [2.75, 3.05) is 0 Å². The molecular weight excluding hydrogens is 412 g/mol. The number of aryl methyl sites for hydroxylation is 1. The van der Waals surface area contributed by atoms with Crippen LogP contribution < -0.4 is 5.43 Å². The predicted octanol–water partition coefficient (Wildman–Crippen LogP) is 5.33. The number of halogens is 2. The highest BCUT2D eigenvalue weighted by Crippen LogP contribution is 2.41. The Kier molecular flexibility index (Phi) is 5.69. The van der Waals surface area contributed by atoms with E-state index in [1.54, 1.807) is 46.8 Å². The molecule has 0 unspecified atom stereocenters. The first-order valence-electron chi connectivity index (χ1n) is 9.98. The zero-order chi connectivity index (χ0) is 22.5. The quantitative estimate of drug-likeness (QED) is 0.606. The molecule has 8 heteroatoms. The largest absolute Gasteiger partial charge is 0.460 e. The van der Waals surface area contributed by atoms with Gasteiger partial charge in [-0.25, -0.2) is 17.2 Å². The number of sulfonamides is 1. The van der Waals surface area contributed by atoms with Crippen molar-refractivity contribution in [1.29, 1.82) is 0 Å². The van der Waals surface area contributed by atoms with Crippen LogP contribution in [-0.2, 0) is 10.0 Å². The van der Waals surface area contributed by atoms with Gasteiger partial charge in [0.1, 0.15) is 11.3 Å². The van der Waals surface area contributed by atoms with Crippen LogP contribution in [0.1, 0.15) is 76.2 Å². The third-order valence-electron chi connectivity index (χ3n) is 5.53. The van der Waals surface area contributed by atoms with Crippen molar-refractivity contribution < 1.29 is 21.6 Å². The molecule has 0 saturated heterocycles. The van der Waals surface area contributed by atoms with Gasteiger partial charge >= 0.3 is 0 Å². The van der Waals surface area contributed by atoms with Crippen LogP contribution in [0.5, 0.6) is 0 Å². The number of hydrogen-bond donors (Lipinski definition) is 0. The first kappa shape index (κ1) is 22.6. The van der Waals surface area contributed by atoms with Crippen LogP contribution in [0.2, 0.25) is 0 Å². The molecule has 0 N–H and O–H groups in total. The lowest BCUT2D eigenvalue weighted by Gasteiger charge is -2.27. The van der Waals surface area contributed by atoms with E-state index >= 15 is 0 Å². The van der Waals surface area contributed by atoms with E-state index in [2.05, 4.69) is 4.40 Å². The molecule has 0 spiro atoms. The van der Waals surface area contributed by atoms with Crippen molar-refractivity contribution in [2.45, 2.75) is 76.9 Å². The Morgan fingerprint density at radius 1 is 1.17 bits per heavy atom. The lowest BCUT2D eigenvalue weighted by molar-refractivity contribution is -0.0395. The van der Waals surface area contributed by atoms with Gasteiger partial charge in [-0.2, -0.15) is 4.40 Å². The summed E-state index contributed by atoms with van der Waals surface area (Å²) in [6.07, 6.45) is -0.0306. The van der Waals surface area contributed by atoms with Crippen LogP contribution in [0.4, 0.5) is 8.78 Å². The molecular formula is C22H27F2NO4S. The van der Waals surface area contributed by atoms with Crippen molar-refractivity contribution in [3.05, 3.63) is 45.3 Å². The molecule has 1 saturated carbocycles. The molecule has 5 nitrogen and oxygen atoms in total. The summed E-state index contributed by atoms with van der Waals surface area (Å²) in [5.74, 6) is -2.59. The maximum absolute atomic E-state index is 13.5. The molecule has 1 aromatic heterocycles. The Labute approximate surface area is 175 Å². The summed E-state index contributed by atoms with van der Waals surface area (Å²) in [7, 11) is -3.80. The van der Waals surface area contributed by atoms with E-state index < -0.39 is 20.7 Å². The minimum atomic E-state index is -3.80. The fraction of sp³-hybridized carbons (Fsp3) is 0.545. The highest BCUT2D eigenvalue weighted by molar-refractivity contribution is 7.91. The summed E-state index contributed by atoms with van der Waals surface area (Å²) in [5.41, 5.74) is 1.36. The monoisotopic (exact) mass is 439 g/mol. The standard InChI is InChI=1S/C22H27F2NO4S/c1-13-10-16(14(2)25-30(27,28)21(3,4)5)20-17(11-13)18(26)12-19(29-20)15-6-8-22(23,24)9-7-15/h10-12,15H,6-9H2,1-5H3. The van der Waals surface area contributed by atoms with Gasteiger partial charge in [0, 0.05) is 30.4 Å². The highest BCUT2D eigenvalue weighted by atomic mass is 32.2. The Balaban J connectivity index is 2.16. The van der Waals surface area contributed by atoms with Crippen molar-refractivity contribution in [3.8, 4) is 0 Å². The number of hydrogen-bond acceptors (Lipinski definition) is 4. The van der Waals surface area contributed by atoms with E-state index in [-0.39, 0.29) is 48.3 Å². The molecule has 0 radical (unpaired) electrons. The molecule has 0 atom stereocenters. The summed E-state index contributed by atoms with van der Waals surface area (Å²) >= 11 is 0. The molecule has 1 fully saturated rings. The molecule has 2 aromatic rings. The lowest BCUT2D eigenvalue weighted by atomic mass is 9.85. The number of rotatable bonds is 3. The van der Waals surface area contributed by atoms with Gasteiger partial charge in [0.15, 0.2) is 5.43 Å². The predicted molar refractivity (Wildman–Crippen MR) is 114 cm³/mol. The molecule has 1 aliphatic carbocycles. The van der Waals surface area contributed by atoms with E-state index in [9.17, 15) is 22.0 Å². The zero-order valence-electron chi connectivity index (χ0n) is 17.9. The van der Waals surface area contributed by atoms with Gasteiger partial charge in [0.2, 0.25) is 5.92 Å². The molecule has 1 aliphatic rings. The van der Waals surface area contributed by atoms with E-state index in [1.165, 1.54) is 6.07 Å². The van der Waals surface area contributed by atoms with E-state index in [0.29, 0.717) is 16.7 Å². The fourth-order valence-corrected chi connectivity index (χ4v) is 4.31. The summed E-state index contributed by atoms with van der Waals surface area (Å²) in [6, 6.07) is 4.77.